The van der Waals surface area contributed by atoms with Crippen LogP contribution < -0.4 is 5.48 Å². The average Bonchev–Trinajstić information content (AvgIpc) is 3.16. The Bertz CT molecular complexity index is 1370. The van der Waals surface area contributed by atoms with Crippen LogP contribution >= 0.6 is 0 Å². The van der Waals surface area contributed by atoms with Crippen LogP contribution in [0.5, 0.6) is 0 Å². The van der Waals surface area contributed by atoms with E-state index in [1.165, 1.54) is 24.3 Å². The lowest BCUT2D eigenvalue weighted by Gasteiger charge is -2.07. The summed E-state index contributed by atoms with van der Waals surface area (Å²) in [6.45, 7) is 0. The van der Waals surface area contributed by atoms with Gasteiger partial charge in [0.1, 0.15) is 4.90 Å². The third kappa shape index (κ3) is 4.48. The molecular formula is C20H15N3O6S2. The standard InChI is InChI=1S/C20H15N3O6S2/c24-30(25,15-9-3-1-4-10-15)28-22-19-17-13-7-8-14-18(17)20(21-19)23-29-31(26,27)16-11-5-2-6-12-16/h1-14H,(H,21,22,23). The zero-order valence-electron chi connectivity index (χ0n) is 15.7. The van der Waals surface area contributed by atoms with E-state index >= 15 is 0 Å². The fourth-order valence-corrected chi connectivity index (χ4v) is 4.22. The van der Waals surface area contributed by atoms with E-state index < -0.39 is 20.2 Å². The van der Waals surface area contributed by atoms with Crippen molar-refractivity contribution >= 4 is 31.9 Å². The molecule has 0 aromatic heterocycles. The maximum Gasteiger partial charge on any atom is 0.358 e. The second kappa shape index (κ2) is 8.30. The van der Waals surface area contributed by atoms with Crippen molar-refractivity contribution in [1.29, 1.82) is 0 Å². The highest BCUT2D eigenvalue weighted by molar-refractivity contribution is 7.87. The second-order valence-corrected chi connectivity index (χ2v) is 9.29. The normalized spacial score (nSPS) is 14.7. The third-order valence-corrected chi connectivity index (χ3v) is 6.45. The van der Waals surface area contributed by atoms with E-state index in [0.717, 1.165) is 0 Å². The minimum Gasteiger partial charge on any atom is -0.263 e. The van der Waals surface area contributed by atoms with E-state index in [1.54, 1.807) is 60.7 Å². The van der Waals surface area contributed by atoms with Gasteiger partial charge in [0.2, 0.25) is 5.84 Å². The monoisotopic (exact) mass is 457 g/mol. The molecule has 3 aromatic carbocycles. The van der Waals surface area contributed by atoms with Crippen molar-refractivity contribution in [2.24, 2.45) is 10.1 Å². The Hall–Kier alpha value is -3.54. The molecule has 0 saturated carbocycles. The highest BCUT2D eigenvalue weighted by Crippen LogP contribution is 2.21. The van der Waals surface area contributed by atoms with Crippen molar-refractivity contribution in [2.75, 3.05) is 0 Å². The van der Waals surface area contributed by atoms with Gasteiger partial charge in [0, 0.05) is 11.1 Å². The minimum absolute atomic E-state index is 0.0366. The van der Waals surface area contributed by atoms with Gasteiger partial charge in [-0.15, -0.1) is 4.28 Å². The summed E-state index contributed by atoms with van der Waals surface area (Å²) >= 11 is 0. The molecule has 11 heteroatoms. The predicted molar refractivity (Wildman–Crippen MR) is 112 cm³/mol. The predicted octanol–water partition coefficient (Wildman–Crippen LogP) is 2.42. The summed E-state index contributed by atoms with van der Waals surface area (Å²) in [7, 11) is -8.24. The number of benzene rings is 3. The smallest absolute Gasteiger partial charge is 0.263 e. The van der Waals surface area contributed by atoms with Crippen molar-refractivity contribution in [1.82, 2.24) is 5.48 Å². The molecule has 0 amide bonds. The van der Waals surface area contributed by atoms with Crippen LogP contribution in [0.3, 0.4) is 0 Å². The summed E-state index contributed by atoms with van der Waals surface area (Å²) in [6.07, 6.45) is 0. The van der Waals surface area contributed by atoms with Crippen molar-refractivity contribution in [3.8, 4) is 0 Å². The number of aliphatic imine (C=N–C) groups is 1. The van der Waals surface area contributed by atoms with Gasteiger partial charge in [-0.05, 0) is 29.4 Å². The van der Waals surface area contributed by atoms with Gasteiger partial charge in [-0.2, -0.15) is 16.8 Å². The van der Waals surface area contributed by atoms with E-state index in [4.69, 9.17) is 8.57 Å². The van der Waals surface area contributed by atoms with Gasteiger partial charge in [-0.25, -0.2) is 10.5 Å². The Morgan fingerprint density at radius 2 is 1.19 bits per heavy atom. The molecule has 0 atom stereocenters. The lowest BCUT2D eigenvalue weighted by Crippen LogP contribution is -2.27. The fraction of sp³-hybridized carbons (Fsp3) is 0. The second-order valence-electron chi connectivity index (χ2n) is 6.22. The number of nitrogens with zero attached hydrogens (tertiary/aromatic N) is 2. The Morgan fingerprint density at radius 1 is 0.677 bits per heavy atom. The summed E-state index contributed by atoms with van der Waals surface area (Å²) in [5.74, 6) is -0.0205. The van der Waals surface area contributed by atoms with Crippen LogP contribution in [0.2, 0.25) is 0 Å². The number of oxime groups is 1. The van der Waals surface area contributed by atoms with Crippen molar-refractivity contribution in [2.45, 2.75) is 9.79 Å². The number of nitrogens with one attached hydrogen (secondary N) is 1. The Kier molecular flexibility index (Phi) is 5.55. The van der Waals surface area contributed by atoms with E-state index in [0.29, 0.717) is 11.1 Å². The van der Waals surface area contributed by atoms with E-state index in [1.807, 2.05) is 0 Å². The van der Waals surface area contributed by atoms with Crippen LogP contribution in [0.25, 0.3) is 0 Å². The zero-order valence-corrected chi connectivity index (χ0v) is 17.4. The van der Waals surface area contributed by atoms with Gasteiger partial charge in [0.15, 0.2) is 5.84 Å². The number of amidine groups is 2. The minimum atomic E-state index is -4.14. The Labute approximate surface area is 178 Å². The van der Waals surface area contributed by atoms with Crippen LogP contribution in [-0.2, 0) is 28.8 Å². The molecule has 1 aliphatic heterocycles. The molecule has 1 heterocycles. The highest BCUT2D eigenvalue weighted by Gasteiger charge is 2.25. The molecule has 31 heavy (non-hydrogen) atoms. The molecule has 0 fully saturated rings. The van der Waals surface area contributed by atoms with Crippen LogP contribution in [0.1, 0.15) is 11.1 Å². The summed E-state index contributed by atoms with van der Waals surface area (Å²) in [5.41, 5.74) is 3.21. The molecule has 0 radical (unpaired) electrons. The summed E-state index contributed by atoms with van der Waals surface area (Å²) in [4.78, 5) is 4.02. The van der Waals surface area contributed by atoms with Gasteiger partial charge in [-0.1, -0.05) is 60.7 Å². The van der Waals surface area contributed by atoms with Crippen molar-refractivity contribution in [3.05, 3.63) is 96.1 Å². The number of hydroxylamine groups is 1. The van der Waals surface area contributed by atoms with Crippen molar-refractivity contribution < 1.29 is 25.4 Å². The number of fused-ring (bicyclic) bond motifs is 1. The molecule has 0 saturated heterocycles. The van der Waals surface area contributed by atoms with E-state index in [-0.39, 0.29) is 21.5 Å². The maximum atomic E-state index is 12.3. The summed E-state index contributed by atoms with van der Waals surface area (Å²) in [5, 5.41) is 3.66. The Balaban J connectivity index is 1.58. The van der Waals surface area contributed by atoms with E-state index in [9.17, 15) is 16.8 Å². The van der Waals surface area contributed by atoms with Crippen LogP contribution in [0, 0.1) is 0 Å². The quantitative estimate of drug-likeness (QED) is 0.564. The van der Waals surface area contributed by atoms with Crippen molar-refractivity contribution in [3.63, 3.8) is 0 Å². The molecular weight excluding hydrogens is 442 g/mol. The van der Waals surface area contributed by atoms with Crippen LogP contribution in [-0.4, -0.2) is 28.5 Å². The first kappa shape index (κ1) is 20.7. The van der Waals surface area contributed by atoms with Crippen LogP contribution in [0.15, 0.2) is 105 Å². The van der Waals surface area contributed by atoms with Gasteiger partial charge in [0.05, 0.1) is 4.90 Å². The lowest BCUT2D eigenvalue weighted by atomic mass is 10.1. The first-order chi connectivity index (χ1) is 14.9. The maximum absolute atomic E-state index is 12.3. The SMILES string of the molecule is O=S(=O)(ON=C1N=C(NOS(=O)(=O)c2ccccc2)c2ccccc21)c1ccccc1. The number of hydrogen-bond acceptors (Lipinski definition) is 8. The lowest BCUT2D eigenvalue weighted by molar-refractivity contribution is 0.268. The molecule has 9 nitrogen and oxygen atoms in total. The Morgan fingerprint density at radius 3 is 1.81 bits per heavy atom. The van der Waals surface area contributed by atoms with Gasteiger partial charge in [-0.3, -0.25) is 4.28 Å². The summed E-state index contributed by atoms with van der Waals surface area (Å²) in [6, 6.07) is 21.8. The van der Waals surface area contributed by atoms with Gasteiger partial charge >= 0.3 is 20.2 Å². The first-order valence-corrected chi connectivity index (χ1v) is 11.7. The van der Waals surface area contributed by atoms with Gasteiger partial charge < -0.3 is 0 Å². The first-order valence-electron chi connectivity index (χ1n) is 8.86. The highest BCUT2D eigenvalue weighted by atomic mass is 32.2. The molecule has 0 aliphatic carbocycles. The largest absolute Gasteiger partial charge is 0.358 e. The summed E-state index contributed by atoms with van der Waals surface area (Å²) < 4.78 is 58.9. The molecule has 0 unspecified atom stereocenters. The van der Waals surface area contributed by atoms with E-state index in [2.05, 4.69) is 15.6 Å². The third-order valence-electron chi connectivity index (χ3n) is 4.17. The van der Waals surface area contributed by atoms with Gasteiger partial charge in [0.25, 0.3) is 0 Å². The number of hydrogen-bond donors (Lipinski definition) is 1. The molecule has 1 aliphatic rings. The number of rotatable bonds is 6. The zero-order chi connectivity index (χ0) is 21.9. The topological polar surface area (TPSA) is 123 Å². The molecule has 158 valence electrons. The molecule has 4 rings (SSSR count). The molecule has 1 N–H and O–H groups in total. The average molecular weight is 457 g/mol. The molecule has 0 spiro atoms. The molecule has 0 bridgehead atoms. The van der Waals surface area contributed by atoms with Crippen LogP contribution in [0.4, 0.5) is 0 Å². The molecule has 3 aromatic rings. The fourth-order valence-electron chi connectivity index (χ4n) is 2.70.